The van der Waals surface area contributed by atoms with Gasteiger partial charge >= 0.3 is 5.97 Å². The SMILES string of the molecule is CC(Cc1ccccc1)(OCC1CC1)C(=O)O. The van der Waals surface area contributed by atoms with Crippen LogP contribution in [-0.2, 0) is 16.0 Å². The van der Waals surface area contributed by atoms with Crippen molar-refractivity contribution in [2.24, 2.45) is 5.92 Å². The van der Waals surface area contributed by atoms with Crippen LogP contribution in [0.25, 0.3) is 0 Å². The highest BCUT2D eigenvalue weighted by molar-refractivity contribution is 5.77. The largest absolute Gasteiger partial charge is 0.479 e. The summed E-state index contributed by atoms with van der Waals surface area (Å²) in [6.45, 7) is 2.22. The van der Waals surface area contributed by atoms with Gasteiger partial charge in [-0.1, -0.05) is 30.3 Å². The second-order valence-corrected chi connectivity index (χ2v) is 4.95. The van der Waals surface area contributed by atoms with Gasteiger partial charge < -0.3 is 9.84 Å². The molecule has 1 aromatic carbocycles. The maximum absolute atomic E-state index is 11.3. The van der Waals surface area contributed by atoms with Crippen LogP contribution in [-0.4, -0.2) is 23.3 Å². The molecule has 2 rings (SSSR count). The summed E-state index contributed by atoms with van der Waals surface area (Å²) >= 11 is 0. The van der Waals surface area contributed by atoms with Gasteiger partial charge in [0.2, 0.25) is 0 Å². The second kappa shape index (κ2) is 4.88. The average molecular weight is 234 g/mol. The molecule has 92 valence electrons. The van der Waals surface area contributed by atoms with Crippen molar-refractivity contribution in [1.29, 1.82) is 0 Å². The number of ether oxygens (including phenoxy) is 1. The Balaban J connectivity index is 2.02. The number of hydrogen-bond acceptors (Lipinski definition) is 2. The highest BCUT2D eigenvalue weighted by atomic mass is 16.5. The van der Waals surface area contributed by atoms with Crippen molar-refractivity contribution in [1.82, 2.24) is 0 Å². The van der Waals surface area contributed by atoms with E-state index in [1.807, 2.05) is 30.3 Å². The lowest BCUT2D eigenvalue weighted by Gasteiger charge is -2.25. The zero-order valence-corrected chi connectivity index (χ0v) is 10.1. The topological polar surface area (TPSA) is 46.5 Å². The van der Waals surface area contributed by atoms with Crippen LogP contribution in [0.2, 0.25) is 0 Å². The quantitative estimate of drug-likeness (QED) is 0.822. The number of hydrogen-bond donors (Lipinski definition) is 1. The molecule has 1 saturated carbocycles. The number of benzene rings is 1. The zero-order chi connectivity index (χ0) is 12.3. The van der Waals surface area contributed by atoms with Gasteiger partial charge in [0.05, 0.1) is 6.61 Å². The van der Waals surface area contributed by atoms with Crippen molar-refractivity contribution in [3.05, 3.63) is 35.9 Å². The van der Waals surface area contributed by atoms with Crippen LogP contribution in [0.4, 0.5) is 0 Å². The Bertz CT molecular complexity index is 384. The summed E-state index contributed by atoms with van der Waals surface area (Å²) in [4.78, 5) is 11.3. The van der Waals surface area contributed by atoms with E-state index in [0.29, 0.717) is 18.9 Å². The van der Waals surface area contributed by atoms with Crippen LogP contribution >= 0.6 is 0 Å². The highest BCUT2D eigenvalue weighted by Gasteiger charge is 2.36. The van der Waals surface area contributed by atoms with Crippen LogP contribution in [0.15, 0.2) is 30.3 Å². The molecule has 1 fully saturated rings. The monoisotopic (exact) mass is 234 g/mol. The predicted molar refractivity (Wildman–Crippen MR) is 64.9 cm³/mol. The third-order valence-corrected chi connectivity index (χ3v) is 3.17. The smallest absolute Gasteiger partial charge is 0.336 e. The summed E-state index contributed by atoms with van der Waals surface area (Å²) < 4.78 is 5.62. The first kappa shape index (κ1) is 12.1. The molecule has 1 unspecified atom stereocenters. The van der Waals surface area contributed by atoms with Crippen LogP contribution in [0.1, 0.15) is 25.3 Å². The highest BCUT2D eigenvalue weighted by Crippen LogP contribution is 2.31. The van der Waals surface area contributed by atoms with Crippen molar-refractivity contribution >= 4 is 5.97 Å². The van der Waals surface area contributed by atoms with E-state index in [1.54, 1.807) is 6.92 Å². The van der Waals surface area contributed by atoms with Gasteiger partial charge in [0.15, 0.2) is 5.60 Å². The lowest BCUT2D eigenvalue weighted by atomic mass is 9.96. The molecular formula is C14H18O3. The van der Waals surface area contributed by atoms with Crippen LogP contribution in [0, 0.1) is 5.92 Å². The minimum Gasteiger partial charge on any atom is -0.479 e. The zero-order valence-electron chi connectivity index (χ0n) is 10.1. The normalized spacial score (nSPS) is 18.6. The summed E-state index contributed by atoms with van der Waals surface area (Å²) in [7, 11) is 0. The molecule has 0 radical (unpaired) electrons. The van der Waals surface area contributed by atoms with Crippen LogP contribution in [0.3, 0.4) is 0 Å². The molecule has 1 aromatic rings. The van der Waals surface area contributed by atoms with Crippen LogP contribution in [0.5, 0.6) is 0 Å². The summed E-state index contributed by atoms with van der Waals surface area (Å²) in [6, 6.07) is 9.62. The first-order valence-corrected chi connectivity index (χ1v) is 6.01. The number of carboxylic acid groups (broad SMARTS) is 1. The average Bonchev–Trinajstić information content (AvgIpc) is 3.11. The van der Waals surface area contributed by atoms with E-state index < -0.39 is 11.6 Å². The molecule has 0 aliphatic heterocycles. The molecule has 1 aliphatic carbocycles. The molecule has 0 bridgehead atoms. The molecule has 1 aliphatic rings. The lowest BCUT2D eigenvalue weighted by Crippen LogP contribution is -2.41. The number of rotatable bonds is 6. The fourth-order valence-corrected chi connectivity index (χ4v) is 1.76. The minimum absolute atomic E-state index is 0.413. The van der Waals surface area contributed by atoms with Gasteiger partial charge in [-0.3, -0.25) is 0 Å². The Kier molecular flexibility index (Phi) is 3.48. The first-order valence-electron chi connectivity index (χ1n) is 6.01. The molecule has 0 heterocycles. The molecule has 0 spiro atoms. The van der Waals surface area contributed by atoms with E-state index >= 15 is 0 Å². The standard InChI is InChI=1S/C14H18O3/c1-14(13(15)16,17-10-12-7-8-12)9-11-5-3-2-4-6-11/h2-6,12H,7-10H2,1H3,(H,15,16). The van der Waals surface area contributed by atoms with Crippen molar-refractivity contribution in [2.45, 2.75) is 31.8 Å². The van der Waals surface area contributed by atoms with Gasteiger partial charge in [-0.05, 0) is 31.2 Å². The molecule has 3 nitrogen and oxygen atoms in total. The summed E-state index contributed by atoms with van der Waals surface area (Å²) in [6.07, 6.45) is 2.75. The predicted octanol–water partition coefficient (Wildman–Crippen LogP) is 2.50. The van der Waals surface area contributed by atoms with E-state index in [-0.39, 0.29) is 0 Å². The third-order valence-electron chi connectivity index (χ3n) is 3.17. The van der Waals surface area contributed by atoms with Crippen molar-refractivity contribution < 1.29 is 14.6 Å². The molecule has 0 amide bonds. The number of aliphatic carboxylic acids is 1. The van der Waals surface area contributed by atoms with Gasteiger partial charge in [-0.2, -0.15) is 0 Å². The Labute approximate surface area is 101 Å². The maximum Gasteiger partial charge on any atom is 0.336 e. The Morgan fingerprint density at radius 3 is 2.59 bits per heavy atom. The maximum atomic E-state index is 11.3. The Hall–Kier alpha value is -1.35. The number of carboxylic acids is 1. The van der Waals surface area contributed by atoms with Crippen molar-refractivity contribution in [3.63, 3.8) is 0 Å². The van der Waals surface area contributed by atoms with E-state index in [2.05, 4.69) is 0 Å². The molecule has 0 aromatic heterocycles. The molecule has 1 N–H and O–H groups in total. The summed E-state index contributed by atoms with van der Waals surface area (Å²) in [5.74, 6) is -0.313. The molecule has 1 atom stereocenters. The Morgan fingerprint density at radius 2 is 2.06 bits per heavy atom. The van der Waals surface area contributed by atoms with E-state index in [9.17, 15) is 9.90 Å². The van der Waals surface area contributed by atoms with Gasteiger partial charge in [0.1, 0.15) is 0 Å². The minimum atomic E-state index is -1.11. The number of carbonyl (C=O) groups is 1. The molecule has 3 heteroatoms. The molecular weight excluding hydrogens is 216 g/mol. The second-order valence-electron chi connectivity index (χ2n) is 4.95. The summed E-state index contributed by atoms with van der Waals surface area (Å²) in [5.41, 5.74) is -0.113. The van der Waals surface area contributed by atoms with Gasteiger partial charge in [0.25, 0.3) is 0 Å². The fourth-order valence-electron chi connectivity index (χ4n) is 1.76. The fraction of sp³-hybridized carbons (Fsp3) is 0.500. The van der Waals surface area contributed by atoms with Crippen LogP contribution < -0.4 is 0 Å². The van der Waals surface area contributed by atoms with E-state index in [1.165, 1.54) is 12.8 Å². The first-order chi connectivity index (χ1) is 8.10. The van der Waals surface area contributed by atoms with E-state index in [0.717, 1.165) is 5.56 Å². The van der Waals surface area contributed by atoms with Gasteiger partial charge in [-0.25, -0.2) is 4.79 Å². The van der Waals surface area contributed by atoms with Gasteiger partial charge in [-0.15, -0.1) is 0 Å². The Morgan fingerprint density at radius 1 is 1.41 bits per heavy atom. The molecule has 17 heavy (non-hydrogen) atoms. The summed E-state index contributed by atoms with van der Waals surface area (Å²) in [5, 5.41) is 9.30. The van der Waals surface area contributed by atoms with Gasteiger partial charge in [0, 0.05) is 6.42 Å². The molecule has 0 saturated heterocycles. The van der Waals surface area contributed by atoms with E-state index in [4.69, 9.17) is 4.74 Å². The lowest BCUT2D eigenvalue weighted by molar-refractivity contribution is -0.164. The van der Waals surface area contributed by atoms with Crippen molar-refractivity contribution in [3.8, 4) is 0 Å². The third kappa shape index (κ3) is 3.30. The van der Waals surface area contributed by atoms with Crippen molar-refractivity contribution in [2.75, 3.05) is 6.61 Å².